The van der Waals surface area contributed by atoms with Crippen molar-refractivity contribution < 1.29 is 4.79 Å². The third-order valence-electron chi connectivity index (χ3n) is 3.18. The number of carbonyl (C=O) groups excluding carboxylic acids is 1. The number of carbonyl (C=O) groups is 1. The van der Waals surface area contributed by atoms with Gasteiger partial charge in [0.1, 0.15) is 0 Å². The van der Waals surface area contributed by atoms with Crippen LogP contribution in [0.3, 0.4) is 0 Å². The van der Waals surface area contributed by atoms with Crippen LogP contribution in [-0.4, -0.2) is 5.78 Å². The molecule has 1 heteroatoms. The van der Waals surface area contributed by atoms with Crippen molar-refractivity contribution in [3.63, 3.8) is 0 Å². The summed E-state index contributed by atoms with van der Waals surface area (Å²) in [5.74, 6) is 0.946. The minimum absolute atomic E-state index is 0.0925. The van der Waals surface area contributed by atoms with Gasteiger partial charge in [0, 0.05) is 11.5 Å². The van der Waals surface area contributed by atoms with E-state index in [0.29, 0.717) is 11.7 Å². The molecule has 1 atom stereocenters. The molecule has 1 aromatic carbocycles. The van der Waals surface area contributed by atoms with E-state index in [0.717, 1.165) is 17.5 Å². The molecule has 2 rings (SSSR count). The van der Waals surface area contributed by atoms with Gasteiger partial charge in [-0.3, -0.25) is 4.79 Å². The fraction of sp³-hybridized carbons (Fsp3) is 0.400. The monoisotopic (exact) mass is 214 g/mol. The van der Waals surface area contributed by atoms with E-state index in [9.17, 15) is 4.79 Å². The van der Waals surface area contributed by atoms with Gasteiger partial charge in [0.05, 0.1) is 0 Å². The molecule has 0 N–H and O–H groups in total. The maximum absolute atomic E-state index is 12.3. The molecule has 0 heterocycles. The zero-order valence-electron chi connectivity index (χ0n) is 10.2. The van der Waals surface area contributed by atoms with Gasteiger partial charge in [-0.15, -0.1) is 0 Å². The Morgan fingerprint density at radius 2 is 1.94 bits per heavy atom. The van der Waals surface area contributed by atoms with Crippen molar-refractivity contribution in [3.05, 3.63) is 41.0 Å². The minimum atomic E-state index is 0.0925. The number of Topliss-reactive ketones (excluding diaryl/α,β-unsaturated/α-hetero) is 1. The first kappa shape index (κ1) is 11.1. The van der Waals surface area contributed by atoms with Crippen LogP contribution in [0.15, 0.2) is 29.8 Å². The molecule has 1 aliphatic rings. The summed E-state index contributed by atoms with van der Waals surface area (Å²) < 4.78 is 0. The molecular weight excluding hydrogens is 196 g/mol. The van der Waals surface area contributed by atoms with Crippen LogP contribution in [-0.2, 0) is 0 Å². The van der Waals surface area contributed by atoms with Gasteiger partial charge in [0.15, 0.2) is 5.78 Å². The predicted molar refractivity (Wildman–Crippen MR) is 67.4 cm³/mol. The summed E-state index contributed by atoms with van der Waals surface area (Å²) in [7, 11) is 0. The second-order valence-electron chi connectivity index (χ2n) is 5.02. The molecule has 0 bridgehead atoms. The Morgan fingerprint density at radius 3 is 2.62 bits per heavy atom. The van der Waals surface area contributed by atoms with E-state index in [1.54, 1.807) is 0 Å². The summed E-state index contributed by atoms with van der Waals surface area (Å²) >= 11 is 0. The highest BCUT2D eigenvalue weighted by Gasteiger charge is 2.27. The molecule has 0 amide bonds. The number of benzene rings is 1. The van der Waals surface area contributed by atoms with E-state index < -0.39 is 0 Å². The van der Waals surface area contributed by atoms with Crippen molar-refractivity contribution in [2.75, 3.05) is 0 Å². The summed E-state index contributed by atoms with van der Waals surface area (Å²) in [5, 5.41) is 0. The molecule has 16 heavy (non-hydrogen) atoms. The summed E-state index contributed by atoms with van der Waals surface area (Å²) in [5.41, 5.74) is 3.17. The van der Waals surface area contributed by atoms with Crippen molar-refractivity contribution in [3.8, 4) is 0 Å². The van der Waals surface area contributed by atoms with E-state index in [1.807, 2.05) is 24.3 Å². The summed E-state index contributed by atoms with van der Waals surface area (Å²) in [4.78, 5) is 12.3. The van der Waals surface area contributed by atoms with E-state index in [-0.39, 0.29) is 5.92 Å². The smallest absolute Gasteiger partial charge is 0.170 e. The van der Waals surface area contributed by atoms with Crippen molar-refractivity contribution in [2.24, 2.45) is 11.8 Å². The van der Waals surface area contributed by atoms with Crippen LogP contribution in [0, 0.1) is 11.8 Å². The molecule has 0 saturated heterocycles. The van der Waals surface area contributed by atoms with Crippen LogP contribution in [0.5, 0.6) is 0 Å². The zero-order chi connectivity index (χ0) is 11.7. The fourth-order valence-electron chi connectivity index (χ4n) is 2.35. The number of ketones is 1. The number of allylic oxidation sites excluding steroid dienone is 1. The van der Waals surface area contributed by atoms with Crippen molar-refractivity contribution in [1.82, 2.24) is 0 Å². The van der Waals surface area contributed by atoms with Crippen LogP contribution in [0.2, 0.25) is 0 Å². The molecule has 0 aliphatic heterocycles. The maximum Gasteiger partial charge on any atom is 0.170 e. The highest BCUT2D eigenvalue weighted by molar-refractivity contribution is 6.05. The van der Waals surface area contributed by atoms with Gasteiger partial charge >= 0.3 is 0 Å². The number of rotatable bonds is 2. The van der Waals surface area contributed by atoms with E-state index >= 15 is 0 Å². The second-order valence-corrected chi connectivity index (χ2v) is 5.02. The Balaban J connectivity index is 2.39. The molecular formula is C15H18O. The lowest BCUT2D eigenvalue weighted by atomic mass is 9.79. The first-order valence-corrected chi connectivity index (χ1v) is 5.91. The van der Waals surface area contributed by atoms with Gasteiger partial charge in [-0.1, -0.05) is 49.8 Å². The molecule has 0 aromatic heterocycles. The van der Waals surface area contributed by atoms with E-state index in [2.05, 4.69) is 26.8 Å². The Morgan fingerprint density at radius 1 is 1.25 bits per heavy atom. The SMILES string of the molecule is CC1=Cc2ccccc2C(=O)C1CC(C)C. The summed E-state index contributed by atoms with van der Waals surface area (Å²) in [6.07, 6.45) is 3.11. The van der Waals surface area contributed by atoms with Gasteiger partial charge in [0.25, 0.3) is 0 Å². The molecule has 0 saturated carbocycles. The molecule has 1 aromatic rings. The van der Waals surface area contributed by atoms with Crippen LogP contribution in [0.25, 0.3) is 6.08 Å². The Labute approximate surface area is 97.2 Å². The zero-order valence-corrected chi connectivity index (χ0v) is 10.2. The number of hydrogen-bond acceptors (Lipinski definition) is 1. The second kappa shape index (κ2) is 4.25. The molecule has 0 fully saturated rings. The number of fused-ring (bicyclic) bond motifs is 1. The molecule has 1 aliphatic carbocycles. The number of hydrogen-bond donors (Lipinski definition) is 0. The lowest BCUT2D eigenvalue weighted by molar-refractivity contribution is 0.0924. The normalized spacial score (nSPS) is 19.6. The molecule has 0 spiro atoms. The van der Waals surface area contributed by atoms with Gasteiger partial charge in [-0.25, -0.2) is 0 Å². The van der Waals surface area contributed by atoms with Crippen molar-refractivity contribution in [1.29, 1.82) is 0 Å². The molecule has 0 radical (unpaired) electrons. The predicted octanol–water partition coefficient (Wildman–Crippen LogP) is 3.95. The largest absolute Gasteiger partial charge is 0.293 e. The standard InChI is InChI=1S/C15H18O/c1-10(2)8-14-11(3)9-12-6-4-5-7-13(12)15(14)16/h4-7,9-10,14H,8H2,1-3H3. The summed E-state index contributed by atoms with van der Waals surface area (Å²) in [6.45, 7) is 6.41. The topological polar surface area (TPSA) is 17.1 Å². The Bertz CT molecular complexity index is 441. The lowest BCUT2D eigenvalue weighted by Crippen LogP contribution is -2.22. The molecule has 1 unspecified atom stereocenters. The van der Waals surface area contributed by atoms with Gasteiger partial charge < -0.3 is 0 Å². The Kier molecular flexibility index (Phi) is 2.95. The van der Waals surface area contributed by atoms with Gasteiger partial charge in [-0.05, 0) is 24.8 Å². The van der Waals surface area contributed by atoms with Crippen LogP contribution >= 0.6 is 0 Å². The Hall–Kier alpha value is -1.37. The average Bonchev–Trinajstić information content (AvgIpc) is 2.24. The van der Waals surface area contributed by atoms with E-state index in [1.165, 1.54) is 5.57 Å². The first-order valence-electron chi connectivity index (χ1n) is 5.91. The van der Waals surface area contributed by atoms with Crippen molar-refractivity contribution >= 4 is 11.9 Å². The van der Waals surface area contributed by atoms with Crippen molar-refractivity contribution in [2.45, 2.75) is 27.2 Å². The van der Waals surface area contributed by atoms with Gasteiger partial charge in [-0.2, -0.15) is 0 Å². The lowest BCUT2D eigenvalue weighted by Gasteiger charge is -2.24. The van der Waals surface area contributed by atoms with E-state index in [4.69, 9.17) is 0 Å². The fourth-order valence-corrected chi connectivity index (χ4v) is 2.35. The highest BCUT2D eigenvalue weighted by atomic mass is 16.1. The minimum Gasteiger partial charge on any atom is -0.293 e. The van der Waals surface area contributed by atoms with Crippen LogP contribution in [0.1, 0.15) is 43.1 Å². The van der Waals surface area contributed by atoms with Crippen LogP contribution < -0.4 is 0 Å². The highest BCUT2D eigenvalue weighted by Crippen LogP contribution is 2.32. The maximum atomic E-state index is 12.3. The molecule has 84 valence electrons. The van der Waals surface area contributed by atoms with Gasteiger partial charge in [0.2, 0.25) is 0 Å². The molecule has 1 nitrogen and oxygen atoms in total. The first-order chi connectivity index (χ1) is 7.59. The quantitative estimate of drug-likeness (QED) is 0.728. The van der Waals surface area contributed by atoms with Crippen LogP contribution in [0.4, 0.5) is 0 Å². The third-order valence-corrected chi connectivity index (χ3v) is 3.18. The third kappa shape index (κ3) is 1.95. The summed E-state index contributed by atoms with van der Waals surface area (Å²) in [6, 6.07) is 7.88. The average molecular weight is 214 g/mol.